The summed E-state index contributed by atoms with van der Waals surface area (Å²) in [6.45, 7) is -0.568. The van der Waals surface area contributed by atoms with E-state index < -0.39 is 24.2 Å². The molecule has 166 valence electrons. The molecule has 0 saturated carbocycles. The second kappa shape index (κ2) is 9.48. The Balaban J connectivity index is 1.79. The lowest BCUT2D eigenvalue weighted by Crippen LogP contribution is -2.35. The van der Waals surface area contributed by atoms with Crippen LogP contribution in [-0.4, -0.2) is 40.5 Å². The number of nitrogens with zero attached hydrogens (tertiary/aromatic N) is 2. The lowest BCUT2D eigenvalue weighted by atomic mass is 10.0. The number of ether oxygens (including phenoxy) is 1. The number of carboxylic acids is 1. The number of amides is 1. The summed E-state index contributed by atoms with van der Waals surface area (Å²) < 4.78 is 18.9. The van der Waals surface area contributed by atoms with Crippen LogP contribution in [0, 0.1) is 5.82 Å². The maximum absolute atomic E-state index is 13.7. The third-order valence-electron chi connectivity index (χ3n) is 5.21. The zero-order valence-electron chi connectivity index (χ0n) is 17.9. The van der Waals surface area contributed by atoms with Crippen LogP contribution in [0.3, 0.4) is 0 Å². The van der Waals surface area contributed by atoms with Crippen molar-refractivity contribution in [2.75, 3.05) is 13.7 Å². The maximum Gasteiger partial charge on any atom is 0.323 e. The Morgan fingerprint density at radius 3 is 2.45 bits per heavy atom. The van der Waals surface area contributed by atoms with Gasteiger partial charge in [-0.05, 0) is 54.1 Å². The molecule has 0 radical (unpaired) electrons. The van der Waals surface area contributed by atoms with Crippen molar-refractivity contribution in [3.05, 3.63) is 95.8 Å². The molecule has 1 aromatic heterocycles. The molecule has 4 rings (SSSR count). The molecule has 0 unspecified atom stereocenters. The summed E-state index contributed by atoms with van der Waals surface area (Å²) in [5.41, 5.74) is 2.78. The van der Waals surface area contributed by atoms with Gasteiger partial charge in [0.25, 0.3) is 5.91 Å². The molecule has 0 fully saturated rings. The summed E-state index contributed by atoms with van der Waals surface area (Å²) in [5.74, 6) is -1.39. The number of aromatic nitrogens is 1. The Hall–Kier alpha value is -4.26. The van der Waals surface area contributed by atoms with E-state index in [-0.39, 0.29) is 6.54 Å². The molecule has 1 N–H and O–H groups in total. The van der Waals surface area contributed by atoms with E-state index in [1.165, 1.54) is 23.1 Å². The second-order valence-corrected chi connectivity index (χ2v) is 7.49. The first kappa shape index (κ1) is 22.0. The van der Waals surface area contributed by atoms with Crippen molar-refractivity contribution in [2.24, 2.45) is 0 Å². The van der Waals surface area contributed by atoms with Gasteiger partial charge in [0.15, 0.2) is 0 Å². The van der Waals surface area contributed by atoms with Crippen molar-refractivity contribution >= 4 is 22.8 Å². The quantitative estimate of drug-likeness (QED) is 0.444. The molecule has 0 aliphatic rings. The third-order valence-corrected chi connectivity index (χ3v) is 5.21. The number of benzene rings is 3. The molecule has 6 nitrogen and oxygen atoms in total. The van der Waals surface area contributed by atoms with Gasteiger partial charge in [-0.1, -0.05) is 30.3 Å². The van der Waals surface area contributed by atoms with Gasteiger partial charge in [-0.15, -0.1) is 0 Å². The summed E-state index contributed by atoms with van der Waals surface area (Å²) in [6, 6.07) is 21.9. The van der Waals surface area contributed by atoms with E-state index in [0.717, 1.165) is 5.56 Å². The average Bonchev–Trinajstić information content (AvgIpc) is 2.82. The molecule has 0 spiro atoms. The van der Waals surface area contributed by atoms with Gasteiger partial charge in [-0.3, -0.25) is 9.59 Å². The number of rotatable bonds is 7. The fourth-order valence-electron chi connectivity index (χ4n) is 3.65. The van der Waals surface area contributed by atoms with Crippen LogP contribution in [0.1, 0.15) is 15.9 Å². The number of halogens is 1. The minimum atomic E-state index is -1.16. The van der Waals surface area contributed by atoms with E-state index in [2.05, 4.69) is 4.98 Å². The molecule has 0 aliphatic heterocycles. The monoisotopic (exact) mass is 444 g/mol. The number of aliphatic carboxylic acids is 1. The summed E-state index contributed by atoms with van der Waals surface area (Å²) in [5, 5.41) is 10.0. The minimum absolute atomic E-state index is 0.0442. The average molecular weight is 444 g/mol. The highest BCUT2D eigenvalue weighted by Gasteiger charge is 2.22. The Labute approximate surface area is 189 Å². The van der Waals surface area contributed by atoms with Crippen LogP contribution in [0.4, 0.5) is 4.39 Å². The van der Waals surface area contributed by atoms with Crippen molar-refractivity contribution in [2.45, 2.75) is 6.54 Å². The minimum Gasteiger partial charge on any atom is -0.497 e. The van der Waals surface area contributed by atoms with Crippen LogP contribution >= 0.6 is 0 Å². The lowest BCUT2D eigenvalue weighted by molar-refractivity contribution is -0.137. The van der Waals surface area contributed by atoms with E-state index in [9.17, 15) is 19.1 Å². The van der Waals surface area contributed by atoms with Crippen LogP contribution in [0.15, 0.2) is 78.9 Å². The molecule has 3 aromatic carbocycles. The number of fused-ring (bicyclic) bond motifs is 1. The third kappa shape index (κ3) is 4.98. The van der Waals surface area contributed by atoms with E-state index in [1.807, 2.05) is 18.2 Å². The maximum atomic E-state index is 13.7. The number of carboxylic acid groups (broad SMARTS) is 1. The van der Waals surface area contributed by atoms with Crippen LogP contribution in [0.5, 0.6) is 5.75 Å². The predicted molar refractivity (Wildman–Crippen MR) is 123 cm³/mol. The van der Waals surface area contributed by atoms with Gasteiger partial charge in [-0.2, -0.15) is 0 Å². The van der Waals surface area contributed by atoms with Gasteiger partial charge in [0.1, 0.15) is 18.1 Å². The van der Waals surface area contributed by atoms with Crippen molar-refractivity contribution in [1.29, 1.82) is 0 Å². The molecule has 0 aliphatic carbocycles. The molecule has 7 heteroatoms. The number of methoxy groups -OCH3 is 1. The van der Waals surface area contributed by atoms with Crippen molar-refractivity contribution in [3.63, 3.8) is 0 Å². The molecular formula is C26H21FN2O4. The molecule has 1 heterocycles. The second-order valence-electron chi connectivity index (χ2n) is 7.49. The number of para-hydroxylation sites is 1. The van der Waals surface area contributed by atoms with Crippen LogP contribution < -0.4 is 4.74 Å². The van der Waals surface area contributed by atoms with E-state index in [4.69, 9.17) is 4.74 Å². The van der Waals surface area contributed by atoms with Gasteiger partial charge in [-0.25, -0.2) is 9.37 Å². The topological polar surface area (TPSA) is 79.7 Å². The molecule has 4 aromatic rings. The smallest absolute Gasteiger partial charge is 0.323 e. The highest BCUT2D eigenvalue weighted by atomic mass is 19.1. The Morgan fingerprint density at radius 1 is 1.00 bits per heavy atom. The SMILES string of the molecule is COc1ccc(-c2cc(C(=O)N(CC(=O)O)Cc3cccc(F)c3)c3ccccc3n2)cc1. The molecule has 33 heavy (non-hydrogen) atoms. The summed E-state index contributed by atoms with van der Waals surface area (Å²) in [6.07, 6.45) is 0. The van der Waals surface area contributed by atoms with E-state index >= 15 is 0 Å². The number of hydrogen-bond donors (Lipinski definition) is 1. The fraction of sp³-hybridized carbons (Fsp3) is 0.115. The molecule has 1 amide bonds. The normalized spacial score (nSPS) is 10.7. The fourth-order valence-corrected chi connectivity index (χ4v) is 3.65. The highest BCUT2D eigenvalue weighted by Crippen LogP contribution is 2.27. The number of carbonyl (C=O) groups is 2. The largest absolute Gasteiger partial charge is 0.497 e. The lowest BCUT2D eigenvalue weighted by Gasteiger charge is -2.22. The standard InChI is InChI=1S/C26H21FN2O4/c1-33-20-11-9-18(10-12-20)24-14-22(21-7-2-3-8-23(21)28-24)26(32)29(16-25(30)31)15-17-5-4-6-19(27)13-17/h2-14H,15-16H2,1H3,(H,30,31). The van der Waals surface area contributed by atoms with Gasteiger partial charge in [0.05, 0.1) is 23.9 Å². The first-order valence-electron chi connectivity index (χ1n) is 10.2. The molecule has 0 saturated heterocycles. The Kier molecular flexibility index (Phi) is 6.31. The first-order chi connectivity index (χ1) is 15.9. The first-order valence-corrected chi connectivity index (χ1v) is 10.2. The Bertz CT molecular complexity index is 1320. The van der Waals surface area contributed by atoms with Crippen LogP contribution in [0.2, 0.25) is 0 Å². The van der Waals surface area contributed by atoms with E-state index in [1.54, 1.807) is 49.6 Å². The number of pyridine rings is 1. The molecule has 0 atom stereocenters. The van der Waals surface area contributed by atoms with Gasteiger partial charge in [0, 0.05) is 17.5 Å². The number of carbonyl (C=O) groups excluding carboxylic acids is 1. The summed E-state index contributed by atoms with van der Waals surface area (Å²) in [4.78, 5) is 31.0. The van der Waals surface area contributed by atoms with Gasteiger partial charge in [0.2, 0.25) is 0 Å². The van der Waals surface area contributed by atoms with E-state index in [0.29, 0.717) is 33.5 Å². The summed E-state index contributed by atoms with van der Waals surface area (Å²) >= 11 is 0. The van der Waals surface area contributed by atoms with Crippen LogP contribution in [0.25, 0.3) is 22.2 Å². The molecule has 0 bridgehead atoms. The van der Waals surface area contributed by atoms with Gasteiger partial charge < -0.3 is 14.7 Å². The zero-order chi connectivity index (χ0) is 23.4. The Morgan fingerprint density at radius 2 is 1.76 bits per heavy atom. The summed E-state index contributed by atoms with van der Waals surface area (Å²) in [7, 11) is 1.58. The van der Waals surface area contributed by atoms with Crippen LogP contribution in [-0.2, 0) is 11.3 Å². The number of hydrogen-bond acceptors (Lipinski definition) is 4. The van der Waals surface area contributed by atoms with Crippen molar-refractivity contribution in [3.8, 4) is 17.0 Å². The highest BCUT2D eigenvalue weighted by molar-refractivity contribution is 6.07. The molecular weight excluding hydrogens is 423 g/mol. The zero-order valence-corrected chi connectivity index (χ0v) is 17.9. The van der Waals surface area contributed by atoms with Crippen molar-refractivity contribution in [1.82, 2.24) is 9.88 Å². The van der Waals surface area contributed by atoms with Gasteiger partial charge >= 0.3 is 5.97 Å². The predicted octanol–water partition coefficient (Wildman–Crippen LogP) is 4.78. The van der Waals surface area contributed by atoms with Crippen molar-refractivity contribution < 1.29 is 23.8 Å².